The van der Waals surface area contributed by atoms with Crippen molar-refractivity contribution in [2.24, 2.45) is 5.92 Å². The molecule has 366 valence electrons. The summed E-state index contributed by atoms with van der Waals surface area (Å²) in [6.07, 6.45) is 6.24. The van der Waals surface area contributed by atoms with Crippen LogP contribution in [0.2, 0.25) is 5.02 Å². The summed E-state index contributed by atoms with van der Waals surface area (Å²) in [4.78, 5) is 22.1. The Bertz CT molecular complexity index is 1560. The van der Waals surface area contributed by atoms with Crippen LogP contribution in [0.1, 0.15) is 138 Å². The number of nitrogens with zero attached hydrogens (tertiary/aromatic N) is 3. The number of aliphatic hydroxyl groups excluding tert-OH is 1. The fourth-order valence-corrected chi connectivity index (χ4v) is 5.09. The van der Waals surface area contributed by atoms with Gasteiger partial charge < -0.3 is 34.9 Å². The van der Waals surface area contributed by atoms with Crippen LogP contribution in [0.3, 0.4) is 0 Å². The monoisotopic (exact) mass is 916 g/mol. The molecule has 3 aromatic carbocycles. The normalized spacial score (nSPS) is 13.6. The molecule has 1 fully saturated rings. The van der Waals surface area contributed by atoms with Crippen molar-refractivity contribution < 1.29 is 29.1 Å². The van der Waals surface area contributed by atoms with Crippen LogP contribution in [0.25, 0.3) is 0 Å². The van der Waals surface area contributed by atoms with E-state index in [-0.39, 0.29) is 18.3 Å². The number of likely N-dealkylation sites (N-methyl/N-ethyl adjacent to an activating group) is 2. The lowest BCUT2D eigenvalue weighted by atomic mass is 10.1. The van der Waals surface area contributed by atoms with E-state index in [1.165, 1.54) is 31.2 Å². The number of anilines is 1. The molecule has 0 spiro atoms. The van der Waals surface area contributed by atoms with Crippen molar-refractivity contribution in [1.29, 1.82) is 0 Å². The molecule has 64 heavy (non-hydrogen) atoms. The standard InChI is InChI=1S/C18H31N3O.C6H5Cl.C6H9NO.C6H6O.C6H14.C4H10.C3H7NO.C2H6O.CH2O/c1-8-22-16-10-9-14(19-18(3,4)5)11-15(16)17-20(6)12-13(2)21(17)7;7-6-4-2-1-3-5-6;1-4-5(2)7-8-6(4)3;7-6-4-2-1-3-5-6;1-4-6(3)5-2;1-3-4-2;1-2-4-3-5;1-2-3;1-2/h9-11,13,17,19H,8,12H2,1-7H3;1-5H;1-3H3;1-5,7H;6H,4-5H2,1-3H3;3-4H2,1-2H3;3H,2H2,1H3,(H,4,5);3H,2H2,1H3;1H2. The first-order chi connectivity index (χ1) is 30.3. The molecule has 1 aliphatic rings. The minimum atomic E-state index is 0.0468. The zero-order valence-electron chi connectivity index (χ0n) is 42.9. The van der Waals surface area contributed by atoms with Gasteiger partial charge in [-0.1, -0.05) is 113 Å². The number of hydrogen-bond acceptors (Lipinski definition) is 10. The van der Waals surface area contributed by atoms with Gasteiger partial charge in [0.2, 0.25) is 6.41 Å². The molecule has 1 aliphatic heterocycles. The maximum Gasteiger partial charge on any atom is 0.207 e. The third kappa shape index (κ3) is 35.0. The molecule has 12 heteroatoms. The molecule has 4 aromatic rings. The van der Waals surface area contributed by atoms with Crippen LogP contribution < -0.4 is 15.4 Å². The van der Waals surface area contributed by atoms with E-state index >= 15 is 0 Å². The van der Waals surface area contributed by atoms with Gasteiger partial charge in [-0.3, -0.25) is 14.6 Å². The number of phenolic OH excluding ortho intramolecular Hbond substituents is 1. The Balaban J connectivity index is -0.000000357. The van der Waals surface area contributed by atoms with Gasteiger partial charge >= 0.3 is 0 Å². The number of aromatic nitrogens is 1. The maximum atomic E-state index is 9.29. The summed E-state index contributed by atoms with van der Waals surface area (Å²) in [7, 11) is 4.38. The number of para-hydroxylation sites is 1. The number of aliphatic hydroxyl groups is 1. The summed E-state index contributed by atoms with van der Waals surface area (Å²) in [6, 6.07) is 25.1. The quantitative estimate of drug-likeness (QED) is 0.120. The Labute approximate surface area is 395 Å². The molecule has 11 nitrogen and oxygen atoms in total. The van der Waals surface area contributed by atoms with Crippen molar-refractivity contribution in [3.8, 4) is 11.5 Å². The Hall–Kier alpha value is -4.42. The van der Waals surface area contributed by atoms with Gasteiger partial charge in [-0.25, -0.2) is 0 Å². The second kappa shape index (κ2) is 42.5. The van der Waals surface area contributed by atoms with Crippen LogP contribution in [0.5, 0.6) is 11.5 Å². The number of aromatic hydroxyl groups is 1. The third-order valence-corrected chi connectivity index (χ3v) is 9.47. The molecular formula is C52H90ClN5O6. The van der Waals surface area contributed by atoms with Crippen LogP contribution in [0.15, 0.2) is 83.4 Å². The molecule has 1 amide bonds. The van der Waals surface area contributed by atoms with E-state index in [4.69, 9.17) is 35.9 Å². The van der Waals surface area contributed by atoms with E-state index in [1.807, 2.05) is 77.8 Å². The lowest BCUT2D eigenvalue weighted by Gasteiger charge is -2.30. The second-order valence-electron chi connectivity index (χ2n) is 15.9. The summed E-state index contributed by atoms with van der Waals surface area (Å²) in [6.45, 7) is 36.1. The number of hydrogen-bond donors (Lipinski definition) is 4. The highest BCUT2D eigenvalue weighted by atomic mass is 35.5. The van der Waals surface area contributed by atoms with E-state index in [0.29, 0.717) is 24.8 Å². The summed E-state index contributed by atoms with van der Waals surface area (Å²) >= 11 is 5.54. The Morgan fingerprint density at radius 2 is 1.41 bits per heavy atom. The molecule has 1 aromatic heterocycles. The fourth-order valence-electron chi connectivity index (χ4n) is 4.95. The molecular weight excluding hydrogens is 826 g/mol. The Kier molecular flexibility index (Phi) is 44.0. The molecule has 2 unspecified atom stereocenters. The predicted octanol–water partition coefficient (Wildman–Crippen LogP) is 12.7. The van der Waals surface area contributed by atoms with Crippen molar-refractivity contribution in [2.45, 2.75) is 147 Å². The number of carbonyl (C=O) groups excluding carboxylic acids is 2. The van der Waals surface area contributed by atoms with Crippen molar-refractivity contribution in [3.63, 3.8) is 0 Å². The van der Waals surface area contributed by atoms with Gasteiger partial charge in [0.15, 0.2) is 0 Å². The average molecular weight is 917 g/mol. The van der Waals surface area contributed by atoms with Gasteiger partial charge in [-0.2, -0.15) is 0 Å². The number of aryl methyl sites for hydroxylation is 2. The van der Waals surface area contributed by atoms with E-state index in [9.17, 15) is 4.79 Å². The van der Waals surface area contributed by atoms with E-state index < -0.39 is 0 Å². The number of benzene rings is 3. The first-order valence-corrected chi connectivity index (χ1v) is 23.0. The summed E-state index contributed by atoms with van der Waals surface area (Å²) in [5.74, 6) is 3.16. The van der Waals surface area contributed by atoms with Crippen molar-refractivity contribution in [1.82, 2.24) is 20.3 Å². The topological polar surface area (TPSA) is 140 Å². The van der Waals surface area contributed by atoms with Gasteiger partial charge in [0, 0.05) is 53.1 Å². The zero-order valence-corrected chi connectivity index (χ0v) is 43.7. The highest BCUT2D eigenvalue weighted by Gasteiger charge is 2.35. The van der Waals surface area contributed by atoms with E-state index in [1.54, 1.807) is 31.2 Å². The van der Waals surface area contributed by atoms with Gasteiger partial charge in [0.1, 0.15) is 24.0 Å². The third-order valence-electron chi connectivity index (χ3n) is 9.22. The predicted molar refractivity (Wildman–Crippen MR) is 274 cm³/mol. The largest absolute Gasteiger partial charge is 0.508 e. The fraction of sp³-hybridized carbons (Fsp3) is 0.558. The maximum absolute atomic E-state index is 9.29. The number of halogens is 1. The van der Waals surface area contributed by atoms with Crippen LogP contribution in [0, 0.1) is 26.7 Å². The van der Waals surface area contributed by atoms with Crippen LogP contribution in [-0.4, -0.2) is 90.3 Å². The number of phenols is 1. The molecule has 0 radical (unpaired) electrons. The summed E-state index contributed by atoms with van der Waals surface area (Å²) < 4.78 is 10.7. The van der Waals surface area contributed by atoms with Crippen molar-refractivity contribution in [2.75, 3.05) is 45.7 Å². The summed E-state index contributed by atoms with van der Waals surface area (Å²) in [5.41, 5.74) is 4.58. The molecule has 0 saturated carbocycles. The Morgan fingerprint density at radius 3 is 1.64 bits per heavy atom. The molecule has 0 aliphatic carbocycles. The number of nitrogens with one attached hydrogen (secondary N) is 2. The number of unbranched alkanes of at least 4 members (excludes halogenated alkanes) is 1. The van der Waals surface area contributed by atoms with Gasteiger partial charge in [-0.15, -0.1) is 0 Å². The number of carbonyl (C=O) groups is 2. The second-order valence-corrected chi connectivity index (χ2v) is 16.3. The molecule has 2 heterocycles. The van der Waals surface area contributed by atoms with Gasteiger partial charge in [0.05, 0.1) is 18.5 Å². The molecule has 4 N–H and O–H groups in total. The lowest BCUT2D eigenvalue weighted by Crippen LogP contribution is -2.29. The first kappa shape index (κ1) is 66.2. The van der Waals surface area contributed by atoms with E-state index in [0.717, 1.165) is 52.5 Å². The molecule has 1 saturated heterocycles. The Morgan fingerprint density at radius 1 is 0.906 bits per heavy atom. The first-order valence-electron chi connectivity index (χ1n) is 22.7. The molecule has 0 bridgehead atoms. The SMILES string of the molecule is C=O.CCC(C)CC.CCCC.CCNC=O.CCO.CCOc1ccc(NC(C)(C)C)cc1C1N(C)CC(C)N1C.Cc1noc(C)c1C.Clc1ccccc1.Oc1ccccc1. The zero-order chi connectivity index (χ0) is 50.1. The van der Waals surface area contributed by atoms with Gasteiger partial charge in [-0.05, 0) is 132 Å². The smallest absolute Gasteiger partial charge is 0.207 e. The highest BCUT2D eigenvalue weighted by Crippen LogP contribution is 2.38. The molecule has 5 rings (SSSR count). The van der Waals surface area contributed by atoms with Crippen LogP contribution in [0.4, 0.5) is 5.69 Å². The van der Waals surface area contributed by atoms with Crippen LogP contribution >= 0.6 is 11.6 Å². The van der Waals surface area contributed by atoms with E-state index in [2.05, 4.69) is 120 Å². The van der Waals surface area contributed by atoms with Crippen LogP contribution in [-0.2, 0) is 9.59 Å². The lowest BCUT2D eigenvalue weighted by molar-refractivity contribution is -0.109. The minimum absolute atomic E-state index is 0.0468. The molecule has 2 atom stereocenters. The minimum Gasteiger partial charge on any atom is -0.508 e. The number of amides is 1. The summed E-state index contributed by atoms with van der Waals surface area (Å²) in [5, 5.41) is 26.7. The number of ether oxygens (including phenoxy) is 1. The number of rotatable bonds is 9. The average Bonchev–Trinajstić information content (AvgIpc) is 3.71. The van der Waals surface area contributed by atoms with Crippen molar-refractivity contribution >= 4 is 30.5 Å². The highest BCUT2D eigenvalue weighted by molar-refractivity contribution is 6.30. The van der Waals surface area contributed by atoms with Gasteiger partial charge in [0.25, 0.3) is 0 Å². The van der Waals surface area contributed by atoms with Crippen molar-refractivity contribution in [3.05, 3.63) is 106 Å².